The first kappa shape index (κ1) is 28.2. The Hall–Kier alpha value is -4.38. The smallest absolute Gasteiger partial charge is 0.416 e. The monoisotopic (exact) mass is 582 g/mol. The third-order valence-electron chi connectivity index (χ3n) is 7.41. The van der Waals surface area contributed by atoms with Crippen LogP contribution in [0, 0.1) is 5.92 Å². The summed E-state index contributed by atoms with van der Waals surface area (Å²) in [6, 6.07) is 16.7. The van der Waals surface area contributed by atoms with Crippen molar-refractivity contribution in [1.82, 2.24) is 0 Å². The molecule has 0 fully saturated rings. The minimum Gasteiger partial charge on any atom is -0.468 e. The second-order valence-corrected chi connectivity index (χ2v) is 10.5. The highest BCUT2D eigenvalue weighted by Crippen LogP contribution is 2.52. The highest BCUT2D eigenvalue weighted by Gasteiger charge is 2.51. The van der Waals surface area contributed by atoms with Gasteiger partial charge in [-0.2, -0.15) is 13.2 Å². The fraction of sp³-hybridized carbons (Fsp3) is 0.233. The van der Waals surface area contributed by atoms with Crippen molar-refractivity contribution in [2.24, 2.45) is 11.7 Å². The van der Waals surface area contributed by atoms with Crippen LogP contribution in [0.2, 0.25) is 0 Å². The number of nitrogens with zero attached hydrogens (tertiary/aromatic N) is 1. The number of esters is 2. The number of ketones is 1. The number of nitrogens with two attached hydrogens (primary N) is 1. The number of thiophene rings is 1. The van der Waals surface area contributed by atoms with Gasteiger partial charge < -0.3 is 15.2 Å². The quantitative estimate of drug-likeness (QED) is 0.313. The Labute approximate surface area is 237 Å². The molecule has 2 aliphatic rings. The Bertz CT molecular complexity index is 1550. The van der Waals surface area contributed by atoms with Gasteiger partial charge in [-0.25, -0.2) is 4.79 Å². The van der Waals surface area contributed by atoms with Crippen LogP contribution in [0.1, 0.15) is 34.3 Å². The zero-order valence-electron chi connectivity index (χ0n) is 22.0. The van der Waals surface area contributed by atoms with Crippen LogP contribution < -0.4 is 10.6 Å². The van der Waals surface area contributed by atoms with Crippen molar-refractivity contribution >= 4 is 34.7 Å². The third-order valence-corrected chi connectivity index (χ3v) is 8.34. The highest BCUT2D eigenvalue weighted by atomic mass is 32.1. The van der Waals surface area contributed by atoms with E-state index in [2.05, 4.69) is 0 Å². The Morgan fingerprint density at radius 1 is 0.976 bits per heavy atom. The molecule has 11 heteroatoms. The molecule has 0 saturated heterocycles. The average molecular weight is 583 g/mol. The fourth-order valence-corrected chi connectivity index (χ4v) is 6.43. The second kappa shape index (κ2) is 10.9. The highest BCUT2D eigenvalue weighted by molar-refractivity contribution is 7.10. The molecule has 0 amide bonds. The van der Waals surface area contributed by atoms with Crippen LogP contribution in [0.25, 0.3) is 0 Å². The largest absolute Gasteiger partial charge is 0.468 e. The maximum absolute atomic E-state index is 14.4. The van der Waals surface area contributed by atoms with Gasteiger partial charge in [-0.15, -0.1) is 11.3 Å². The lowest BCUT2D eigenvalue weighted by Crippen LogP contribution is -2.46. The van der Waals surface area contributed by atoms with Crippen molar-refractivity contribution in [3.05, 3.63) is 111 Å². The maximum Gasteiger partial charge on any atom is 0.416 e. The summed E-state index contributed by atoms with van der Waals surface area (Å²) in [7, 11) is 2.37. The van der Waals surface area contributed by atoms with Crippen molar-refractivity contribution in [3.63, 3.8) is 0 Å². The molecule has 1 aromatic heterocycles. The van der Waals surface area contributed by atoms with E-state index in [1.54, 1.807) is 47.8 Å². The molecule has 5 rings (SSSR count). The van der Waals surface area contributed by atoms with E-state index >= 15 is 0 Å². The Morgan fingerprint density at radius 3 is 2.22 bits per heavy atom. The summed E-state index contributed by atoms with van der Waals surface area (Å²) >= 11 is 1.29. The zero-order valence-corrected chi connectivity index (χ0v) is 22.8. The van der Waals surface area contributed by atoms with E-state index in [-0.39, 0.29) is 29.1 Å². The molecule has 0 spiro atoms. The fourth-order valence-electron chi connectivity index (χ4n) is 5.58. The summed E-state index contributed by atoms with van der Waals surface area (Å²) in [5, 5.41) is 1.78. The molecule has 1 aliphatic heterocycles. The number of ether oxygens (including phenoxy) is 2. The molecule has 7 nitrogen and oxygen atoms in total. The van der Waals surface area contributed by atoms with Crippen LogP contribution in [0.5, 0.6) is 0 Å². The summed E-state index contributed by atoms with van der Waals surface area (Å²) in [6.07, 6.45) is -4.45. The van der Waals surface area contributed by atoms with Gasteiger partial charge in [-0.05, 0) is 47.7 Å². The van der Waals surface area contributed by atoms with Gasteiger partial charge >= 0.3 is 18.1 Å². The van der Waals surface area contributed by atoms with E-state index in [0.29, 0.717) is 16.1 Å². The van der Waals surface area contributed by atoms with Gasteiger partial charge in [0.1, 0.15) is 11.7 Å². The SMILES string of the molecule is COC(=O)C1=C(N)N(c2ccc(C(F)(F)F)cc2)C2=C(C(=O)[C@@H](C(=O)OC)[C@H](c3ccccc3)C2)[C@@H]1c1cccs1. The van der Waals surface area contributed by atoms with Crippen LogP contribution in [0.15, 0.2) is 94.8 Å². The number of Topliss-reactive ketones (excluding diaryl/α,β-unsaturated/α-hetero) is 1. The zero-order chi connectivity index (χ0) is 29.5. The van der Waals surface area contributed by atoms with E-state index < -0.39 is 47.2 Å². The Morgan fingerprint density at radius 2 is 1.66 bits per heavy atom. The predicted octanol–water partition coefficient (Wildman–Crippen LogP) is 5.51. The van der Waals surface area contributed by atoms with Gasteiger partial charge in [0.2, 0.25) is 0 Å². The Kier molecular flexibility index (Phi) is 7.48. The molecule has 0 unspecified atom stereocenters. The number of alkyl halides is 3. The maximum atomic E-state index is 14.4. The van der Waals surface area contributed by atoms with Crippen LogP contribution in [-0.2, 0) is 30.0 Å². The number of allylic oxidation sites excluding steroid dienone is 2. The van der Waals surface area contributed by atoms with E-state index in [1.165, 1.54) is 42.6 Å². The molecule has 2 heterocycles. The number of hydrogen-bond donors (Lipinski definition) is 1. The molecule has 212 valence electrons. The number of benzene rings is 2. The van der Waals surface area contributed by atoms with E-state index in [9.17, 15) is 27.6 Å². The molecule has 41 heavy (non-hydrogen) atoms. The van der Waals surface area contributed by atoms with Crippen molar-refractivity contribution in [1.29, 1.82) is 0 Å². The van der Waals surface area contributed by atoms with E-state index in [4.69, 9.17) is 15.2 Å². The number of carbonyl (C=O) groups is 3. The summed E-state index contributed by atoms with van der Waals surface area (Å²) in [5.74, 6) is -5.03. The van der Waals surface area contributed by atoms with Gasteiger partial charge in [-0.3, -0.25) is 14.5 Å². The summed E-state index contributed by atoms with van der Waals surface area (Å²) < 4.78 is 50.2. The van der Waals surface area contributed by atoms with Crippen molar-refractivity contribution in [2.45, 2.75) is 24.4 Å². The van der Waals surface area contributed by atoms with Crippen LogP contribution in [0.3, 0.4) is 0 Å². The lowest BCUT2D eigenvalue weighted by molar-refractivity contribution is -0.150. The molecule has 1 aliphatic carbocycles. The molecule has 3 atom stereocenters. The first-order valence-corrected chi connectivity index (χ1v) is 13.4. The first-order chi connectivity index (χ1) is 19.6. The van der Waals surface area contributed by atoms with Gasteiger partial charge in [0.05, 0.1) is 31.3 Å². The Balaban J connectivity index is 1.79. The van der Waals surface area contributed by atoms with Crippen LogP contribution >= 0.6 is 11.3 Å². The van der Waals surface area contributed by atoms with Gasteiger partial charge in [0.15, 0.2) is 5.78 Å². The summed E-state index contributed by atoms with van der Waals surface area (Å²) in [5.41, 5.74) is 7.18. The van der Waals surface area contributed by atoms with Crippen molar-refractivity contribution < 1.29 is 37.0 Å². The number of anilines is 1. The number of halogens is 3. The van der Waals surface area contributed by atoms with Gasteiger partial charge in [0.25, 0.3) is 0 Å². The van der Waals surface area contributed by atoms with Crippen LogP contribution in [-0.4, -0.2) is 31.9 Å². The molecule has 0 saturated carbocycles. The predicted molar refractivity (Wildman–Crippen MR) is 146 cm³/mol. The summed E-state index contributed by atoms with van der Waals surface area (Å²) in [6.45, 7) is 0. The molecule has 2 aromatic carbocycles. The van der Waals surface area contributed by atoms with E-state index in [1.807, 2.05) is 0 Å². The number of carbonyl (C=O) groups excluding carboxylic acids is 3. The van der Waals surface area contributed by atoms with Gasteiger partial charge in [0, 0.05) is 27.8 Å². The first-order valence-electron chi connectivity index (χ1n) is 12.6. The molecular weight excluding hydrogens is 557 g/mol. The third kappa shape index (κ3) is 4.90. The number of methoxy groups -OCH3 is 2. The van der Waals surface area contributed by atoms with Gasteiger partial charge in [-0.1, -0.05) is 36.4 Å². The lowest BCUT2D eigenvalue weighted by Gasteiger charge is -2.43. The molecular formula is C30H25F3N2O5S. The normalized spacial score (nSPS) is 21.0. The molecule has 3 aromatic rings. The minimum absolute atomic E-state index is 0.0521. The molecule has 0 radical (unpaired) electrons. The number of rotatable bonds is 5. The standard InChI is InChI=1S/C30H25F3N2O5S/c1-39-28(37)22-19(16-7-4-3-5-8-16)15-20-23(26(22)36)24(21-9-6-14-41-21)25(29(38)40-2)27(34)35(20)18-12-10-17(11-13-18)30(31,32)33/h3-14,19,22,24H,15,34H2,1-2H3/t19-,22-,24-/m0/s1. The molecule has 2 N–H and O–H groups in total. The summed E-state index contributed by atoms with van der Waals surface area (Å²) in [4.78, 5) is 42.8. The lowest BCUT2D eigenvalue weighted by atomic mass is 9.68. The second-order valence-electron chi connectivity index (χ2n) is 9.57. The minimum atomic E-state index is -4.57. The van der Waals surface area contributed by atoms with E-state index in [0.717, 1.165) is 12.1 Å². The average Bonchev–Trinajstić information content (AvgIpc) is 3.50. The van der Waals surface area contributed by atoms with Crippen LogP contribution in [0.4, 0.5) is 18.9 Å². The molecule has 0 bridgehead atoms. The van der Waals surface area contributed by atoms with Crippen molar-refractivity contribution in [2.75, 3.05) is 19.1 Å². The topological polar surface area (TPSA) is 98.9 Å². The number of hydrogen-bond acceptors (Lipinski definition) is 8. The van der Waals surface area contributed by atoms with Crippen molar-refractivity contribution in [3.8, 4) is 0 Å².